The molecule has 4 rings (SSSR count). The molecule has 1 saturated heterocycles. The average molecular weight is 487 g/mol. The maximum Gasteiger partial charge on any atom is 0.223 e. The first kappa shape index (κ1) is 25.0. The van der Waals surface area contributed by atoms with Crippen LogP contribution in [0, 0.1) is 11.8 Å². The van der Waals surface area contributed by atoms with E-state index in [1.807, 2.05) is 24.3 Å². The molecule has 1 N–H and O–H groups in total. The maximum absolute atomic E-state index is 12.8. The van der Waals surface area contributed by atoms with Gasteiger partial charge in [-0.1, -0.05) is 31.0 Å². The van der Waals surface area contributed by atoms with Crippen molar-refractivity contribution in [1.82, 2.24) is 20.1 Å². The van der Waals surface area contributed by atoms with Crippen molar-refractivity contribution in [3.05, 3.63) is 30.1 Å². The molecule has 1 aliphatic carbocycles. The molecule has 1 amide bonds. The predicted molar refractivity (Wildman–Crippen MR) is 135 cm³/mol. The van der Waals surface area contributed by atoms with Crippen LogP contribution in [0.5, 0.6) is 5.75 Å². The second kappa shape index (κ2) is 11.6. The minimum Gasteiger partial charge on any atom is -0.497 e. The third-order valence-electron chi connectivity index (χ3n) is 6.92. The van der Waals surface area contributed by atoms with Crippen LogP contribution in [-0.4, -0.2) is 52.3 Å². The van der Waals surface area contributed by atoms with Gasteiger partial charge in [-0.15, -0.1) is 10.2 Å². The third kappa shape index (κ3) is 6.54. The number of nitrogens with zero attached hydrogens (tertiary/aromatic N) is 3. The number of hydrogen-bond donors (Lipinski definition) is 1. The fraction of sp³-hybridized carbons (Fsp3) is 0.654. The Bertz CT molecular complexity index is 938. The first-order chi connectivity index (χ1) is 16.4. The Kier molecular flexibility index (Phi) is 8.53. The van der Waals surface area contributed by atoms with Crippen LogP contribution in [0.3, 0.4) is 0 Å². The largest absolute Gasteiger partial charge is 0.497 e. The number of carbonyl (C=O) groups is 1. The number of methoxy groups -OCH3 is 1. The second-order valence-electron chi connectivity index (χ2n) is 10.1. The Morgan fingerprint density at radius 2 is 1.94 bits per heavy atom. The van der Waals surface area contributed by atoms with Crippen LogP contribution < -0.4 is 10.1 Å². The van der Waals surface area contributed by atoms with Gasteiger partial charge in [0.2, 0.25) is 5.91 Å². The highest BCUT2D eigenvalue weighted by Crippen LogP contribution is 2.31. The summed E-state index contributed by atoms with van der Waals surface area (Å²) in [5, 5.41) is 13.1. The summed E-state index contributed by atoms with van der Waals surface area (Å²) in [5.41, 5.74) is 0.781. The highest BCUT2D eigenvalue weighted by molar-refractivity contribution is 7.99. The van der Waals surface area contributed by atoms with Crippen molar-refractivity contribution in [3.8, 4) is 11.4 Å². The van der Waals surface area contributed by atoms with Crippen LogP contribution in [-0.2, 0) is 16.0 Å². The highest BCUT2D eigenvalue weighted by Gasteiger charge is 2.32. The van der Waals surface area contributed by atoms with Crippen LogP contribution >= 0.6 is 11.8 Å². The summed E-state index contributed by atoms with van der Waals surface area (Å²) >= 11 is 1.80. The van der Waals surface area contributed by atoms with E-state index in [4.69, 9.17) is 9.47 Å². The van der Waals surface area contributed by atoms with Crippen molar-refractivity contribution in [2.75, 3.05) is 26.0 Å². The molecule has 2 heterocycles. The number of nitrogens with one attached hydrogen (secondary N) is 1. The topological polar surface area (TPSA) is 78.3 Å². The molecule has 2 fully saturated rings. The third-order valence-corrected chi connectivity index (χ3v) is 8.08. The zero-order valence-corrected chi connectivity index (χ0v) is 21.5. The Morgan fingerprint density at radius 3 is 2.65 bits per heavy atom. The van der Waals surface area contributed by atoms with Gasteiger partial charge in [-0.2, -0.15) is 0 Å². The van der Waals surface area contributed by atoms with Crippen LogP contribution in [0.1, 0.15) is 64.6 Å². The van der Waals surface area contributed by atoms with Gasteiger partial charge in [-0.3, -0.25) is 9.36 Å². The van der Waals surface area contributed by atoms with Crippen LogP contribution in [0.4, 0.5) is 0 Å². The zero-order chi connectivity index (χ0) is 24.0. The SMILES string of the molecule is COc1ccc(-n2c(CCNC(=O)C3CCOC(C)(C)C3)nnc2SCC2CCCCC2)cc1. The molecule has 2 aliphatic rings. The summed E-state index contributed by atoms with van der Waals surface area (Å²) in [6.07, 6.45) is 8.82. The summed E-state index contributed by atoms with van der Waals surface area (Å²) in [6.45, 7) is 5.28. The van der Waals surface area contributed by atoms with Crippen molar-refractivity contribution in [3.63, 3.8) is 0 Å². The van der Waals surface area contributed by atoms with E-state index >= 15 is 0 Å². The first-order valence-electron chi connectivity index (χ1n) is 12.6. The summed E-state index contributed by atoms with van der Waals surface area (Å²) in [7, 11) is 1.67. The van der Waals surface area contributed by atoms with Gasteiger partial charge in [-0.25, -0.2) is 0 Å². The number of benzene rings is 1. The number of thioether (sulfide) groups is 1. The Hall–Kier alpha value is -2.06. The summed E-state index contributed by atoms with van der Waals surface area (Å²) in [6, 6.07) is 8.00. The Morgan fingerprint density at radius 1 is 1.18 bits per heavy atom. The number of aromatic nitrogens is 3. The summed E-state index contributed by atoms with van der Waals surface area (Å²) in [5.74, 6) is 3.63. The molecule has 186 valence electrons. The summed E-state index contributed by atoms with van der Waals surface area (Å²) < 4.78 is 13.2. The average Bonchev–Trinajstić information content (AvgIpc) is 3.25. The molecule has 1 aliphatic heterocycles. The van der Waals surface area contributed by atoms with Gasteiger partial charge in [-0.05, 0) is 69.7 Å². The Labute approximate surface area is 207 Å². The van der Waals surface area contributed by atoms with Gasteiger partial charge >= 0.3 is 0 Å². The smallest absolute Gasteiger partial charge is 0.223 e. The van der Waals surface area contributed by atoms with Crippen LogP contribution in [0.2, 0.25) is 0 Å². The number of hydrogen-bond acceptors (Lipinski definition) is 6. The first-order valence-corrected chi connectivity index (χ1v) is 13.6. The number of ether oxygens (including phenoxy) is 2. The molecule has 1 aromatic carbocycles. The molecule has 8 heteroatoms. The molecular formula is C26H38N4O3S. The fourth-order valence-electron chi connectivity index (χ4n) is 4.99. The van der Waals surface area contributed by atoms with E-state index in [0.29, 0.717) is 19.6 Å². The molecule has 0 radical (unpaired) electrons. The fourth-order valence-corrected chi connectivity index (χ4v) is 6.15. The van der Waals surface area contributed by atoms with Crippen molar-refractivity contribution >= 4 is 17.7 Å². The lowest BCUT2D eigenvalue weighted by atomic mass is 9.88. The van der Waals surface area contributed by atoms with Gasteiger partial charge in [0.25, 0.3) is 0 Å². The predicted octanol–water partition coefficient (Wildman–Crippen LogP) is 4.81. The van der Waals surface area contributed by atoms with E-state index in [2.05, 4.69) is 33.9 Å². The monoisotopic (exact) mass is 486 g/mol. The van der Waals surface area contributed by atoms with Crippen LogP contribution in [0.25, 0.3) is 5.69 Å². The molecule has 2 aromatic rings. The van der Waals surface area contributed by atoms with Gasteiger partial charge < -0.3 is 14.8 Å². The quantitative estimate of drug-likeness (QED) is 0.513. The van der Waals surface area contributed by atoms with Gasteiger partial charge in [0.05, 0.1) is 12.7 Å². The van der Waals surface area contributed by atoms with E-state index in [1.54, 1.807) is 18.9 Å². The van der Waals surface area contributed by atoms with Gasteiger partial charge in [0.15, 0.2) is 5.16 Å². The molecule has 1 saturated carbocycles. The maximum atomic E-state index is 12.8. The zero-order valence-electron chi connectivity index (χ0n) is 20.7. The molecule has 1 aromatic heterocycles. The lowest BCUT2D eigenvalue weighted by Gasteiger charge is -2.34. The molecule has 1 atom stereocenters. The van der Waals surface area contributed by atoms with Crippen molar-refractivity contribution in [2.24, 2.45) is 11.8 Å². The van der Waals surface area contributed by atoms with E-state index in [-0.39, 0.29) is 17.4 Å². The summed E-state index contributed by atoms with van der Waals surface area (Å²) in [4.78, 5) is 12.8. The number of amides is 1. The normalized spacial score (nSPS) is 20.7. The molecule has 0 spiro atoms. The lowest BCUT2D eigenvalue weighted by molar-refractivity contribution is -0.135. The lowest BCUT2D eigenvalue weighted by Crippen LogP contribution is -2.42. The van der Waals surface area contributed by atoms with E-state index < -0.39 is 0 Å². The van der Waals surface area contributed by atoms with Crippen LogP contribution in [0.15, 0.2) is 29.4 Å². The van der Waals surface area contributed by atoms with E-state index in [0.717, 1.165) is 46.9 Å². The second-order valence-corrected chi connectivity index (χ2v) is 11.1. The van der Waals surface area contributed by atoms with E-state index in [9.17, 15) is 4.79 Å². The number of rotatable bonds is 9. The Balaban J connectivity index is 1.42. The van der Waals surface area contributed by atoms with Crippen molar-refractivity contribution < 1.29 is 14.3 Å². The molecule has 34 heavy (non-hydrogen) atoms. The van der Waals surface area contributed by atoms with Gasteiger partial charge in [0.1, 0.15) is 11.6 Å². The minimum atomic E-state index is -0.237. The standard InChI is InChI=1S/C26H38N4O3S/c1-26(2)17-20(14-16-33-26)24(31)27-15-13-23-28-29-25(34-18-19-7-5-4-6-8-19)30(23)21-9-11-22(32-3)12-10-21/h9-12,19-20H,4-8,13-18H2,1-3H3,(H,27,31). The van der Waals surface area contributed by atoms with Crippen molar-refractivity contribution in [1.29, 1.82) is 0 Å². The van der Waals surface area contributed by atoms with E-state index in [1.165, 1.54) is 32.1 Å². The molecule has 7 nitrogen and oxygen atoms in total. The minimum absolute atomic E-state index is 0.00446. The molecular weight excluding hydrogens is 448 g/mol. The van der Waals surface area contributed by atoms with Gasteiger partial charge in [0, 0.05) is 36.9 Å². The molecule has 1 unspecified atom stereocenters. The number of carbonyl (C=O) groups excluding carboxylic acids is 1. The van der Waals surface area contributed by atoms with Crippen molar-refractivity contribution in [2.45, 2.75) is 76.0 Å². The highest BCUT2D eigenvalue weighted by atomic mass is 32.2. The molecule has 0 bridgehead atoms.